The van der Waals surface area contributed by atoms with E-state index in [2.05, 4.69) is 0 Å². The highest BCUT2D eigenvalue weighted by atomic mass is 16.7. The third-order valence-electron chi connectivity index (χ3n) is 4.59. The number of hydrogen-bond donors (Lipinski definition) is 6. The molecule has 0 spiro atoms. The summed E-state index contributed by atoms with van der Waals surface area (Å²) in [5, 5.41) is 59.0. The summed E-state index contributed by atoms with van der Waals surface area (Å²) in [6.45, 7) is 0.666. The van der Waals surface area contributed by atoms with Gasteiger partial charge in [0, 0.05) is 13.0 Å². The Hall–Kier alpha value is -0.400. The monoisotopic (exact) mass is 354 g/mol. The van der Waals surface area contributed by atoms with Crippen LogP contribution in [0.4, 0.5) is 0 Å². The molecule has 10 atom stereocenters. The van der Waals surface area contributed by atoms with Crippen LogP contribution in [0, 0.1) is 5.92 Å². The van der Waals surface area contributed by atoms with E-state index in [-0.39, 0.29) is 0 Å². The zero-order valence-corrected chi connectivity index (χ0v) is 13.5. The van der Waals surface area contributed by atoms with E-state index >= 15 is 0 Å². The molecule has 2 saturated heterocycles. The summed E-state index contributed by atoms with van der Waals surface area (Å²) in [6, 6.07) is 0. The number of ether oxygens (including phenoxy) is 4. The smallest absolute Gasteiger partial charge is 0.187 e. The van der Waals surface area contributed by atoms with Gasteiger partial charge >= 0.3 is 0 Å². The van der Waals surface area contributed by atoms with Gasteiger partial charge in [0.15, 0.2) is 12.6 Å². The van der Waals surface area contributed by atoms with E-state index in [1.165, 1.54) is 7.11 Å². The first kappa shape index (κ1) is 19.9. The van der Waals surface area contributed by atoms with Crippen molar-refractivity contribution < 1.29 is 49.6 Å². The lowest BCUT2D eigenvalue weighted by atomic mass is 9.91. The fourth-order valence-electron chi connectivity index (χ4n) is 2.96. The first-order valence-corrected chi connectivity index (χ1v) is 7.78. The van der Waals surface area contributed by atoms with Crippen LogP contribution in [0.2, 0.25) is 0 Å². The molecule has 0 radical (unpaired) electrons. The molecule has 0 aromatic heterocycles. The van der Waals surface area contributed by atoms with Crippen molar-refractivity contribution >= 4 is 0 Å². The Labute approximate surface area is 139 Å². The molecule has 2 rings (SSSR count). The molecule has 10 nitrogen and oxygen atoms in total. The second kappa shape index (κ2) is 8.32. The second-order valence-electron chi connectivity index (χ2n) is 6.11. The molecular weight excluding hydrogens is 328 g/mol. The Morgan fingerprint density at radius 1 is 0.792 bits per heavy atom. The number of aliphatic hydroxyl groups excluding tert-OH is 6. The lowest BCUT2D eigenvalue weighted by Gasteiger charge is -2.46. The van der Waals surface area contributed by atoms with Gasteiger partial charge in [0.1, 0.15) is 30.5 Å². The molecule has 0 aromatic rings. The minimum Gasteiger partial charge on any atom is -0.394 e. The Morgan fingerprint density at radius 3 is 1.88 bits per heavy atom. The van der Waals surface area contributed by atoms with Gasteiger partial charge in [-0.25, -0.2) is 0 Å². The molecule has 24 heavy (non-hydrogen) atoms. The minimum absolute atomic E-state index is 0.396. The molecule has 0 aliphatic carbocycles. The van der Waals surface area contributed by atoms with Crippen molar-refractivity contribution in [1.82, 2.24) is 0 Å². The minimum atomic E-state index is -1.49. The highest BCUT2D eigenvalue weighted by Gasteiger charge is 2.49. The van der Waals surface area contributed by atoms with Gasteiger partial charge in [-0.15, -0.1) is 0 Å². The van der Waals surface area contributed by atoms with Gasteiger partial charge in [0.05, 0.1) is 25.4 Å². The highest BCUT2D eigenvalue weighted by molar-refractivity contribution is 4.93. The van der Waals surface area contributed by atoms with Crippen LogP contribution in [0.5, 0.6) is 0 Å². The Bertz CT molecular complexity index is 392. The maximum atomic E-state index is 10.2. The van der Waals surface area contributed by atoms with E-state index in [0.29, 0.717) is 0 Å². The van der Waals surface area contributed by atoms with Gasteiger partial charge in [-0.2, -0.15) is 0 Å². The zero-order chi connectivity index (χ0) is 18.0. The third-order valence-corrected chi connectivity index (χ3v) is 4.59. The summed E-state index contributed by atoms with van der Waals surface area (Å²) in [5.74, 6) is -0.533. The van der Waals surface area contributed by atoms with Crippen LogP contribution in [0.25, 0.3) is 0 Å². The molecule has 2 aliphatic heterocycles. The largest absolute Gasteiger partial charge is 0.394 e. The van der Waals surface area contributed by atoms with E-state index in [0.717, 1.165) is 0 Å². The molecule has 142 valence electrons. The van der Waals surface area contributed by atoms with Crippen LogP contribution in [0.1, 0.15) is 6.92 Å². The van der Waals surface area contributed by atoms with E-state index in [4.69, 9.17) is 18.9 Å². The number of rotatable bonds is 5. The van der Waals surface area contributed by atoms with E-state index in [9.17, 15) is 30.6 Å². The molecule has 2 heterocycles. The molecule has 2 aliphatic rings. The molecule has 0 bridgehead atoms. The van der Waals surface area contributed by atoms with Gasteiger partial charge < -0.3 is 49.6 Å². The van der Waals surface area contributed by atoms with Gasteiger partial charge in [0.2, 0.25) is 0 Å². The van der Waals surface area contributed by atoms with E-state index < -0.39 is 74.4 Å². The average molecular weight is 354 g/mol. The average Bonchev–Trinajstić information content (AvgIpc) is 2.59. The molecule has 5 unspecified atom stereocenters. The fourth-order valence-corrected chi connectivity index (χ4v) is 2.96. The lowest BCUT2D eigenvalue weighted by molar-refractivity contribution is -0.353. The molecular formula is C14H26O10. The predicted molar refractivity (Wildman–Crippen MR) is 76.6 cm³/mol. The van der Waals surface area contributed by atoms with Crippen molar-refractivity contribution in [1.29, 1.82) is 0 Å². The van der Waals surface area contributed by atoms with Crippen molar-refractivity contribution in [3.8, 4) is 0 Å². The highest BCUT2D eigenvalue weighted by Crippen LogP contribution is 2.31. The number of methoxy groups -OCH3 is 1. The predicted octanol–water partition coefficient (Wildman–Crippen LogP) is -3.47. The summed E-state index contributed by atoms with van der Waals surface area (Å²) in [7, 11) is 1.27. The lowest BCUT2D eigenvalue weighted by Crippen LogP contribution is -2.63. The molecule has 0 aromatic carbocycles. The molecule has 0 saturated carbocycles. The summed E-state index contributed by atoms with van der Waals surface area (Å²) in [6.07, 6.45) is -11.2. The first-order valence-electron chi connectivity index (χ1n) is 7.78. The van der Waals surface area contributed by atoms with Crippen LogP contribution >= 0.6 is 0 Å². The second-order valence-corrected chi connectivity index (χ2v) is 6.11. The quantitative estimate of drug-likeness (QED) is 0.293. The van der Waals surface area contributed by atoms with E-state index in [1.54, 1.807) is 6.92 Å². The van der Waals surface area contributed by atoms with Crippen LogP contribution in [0.15, 0.2) is 0 Å². The van der Waals surface area contributed by atoms with E-state index in [1.807, 2.05) is 0 Å². The Balaban J connectivity index is 2.12. The summed E-state index contributed by atoms with van der Waals surface area (Å²) in [4.78, 5) is 0. The van der Waals surface area contributed by atoms with Crippen LogP contribution in [-0.4, -0.2) is 106 Å². The molecule has 2 fully saturated rings. The summed E-state index contributed by atoms with van der Waals surface area (Å²) in [5.41, 5.74) is 0. The Kier molecular flexibility index (Phi) is 6.90. The van der Waals surface area contributed by atoms with Gasteiger partial charge in [-0.3, -0.25) is 0 Å². The van der Waals surface area contributed by atoms with Crippen molar-refractivity contribution in [3.63, 3.8) is 0 Å². The standard InChI is InChI=1S/C14H26O10/c1-5-6(3-15)22-14(10(19)8(5)17)24-12-7(4-16)23-13(21-2)11(20)9(12)18/h5-20H,3-4H2,1-2H3/t5-,6?,7?,8+,9?,10?,11?,12-,13-,14+/m1/s1. The normalized spacial score (nSPS) is 50.0. The molecule has 6 N–H and O–H groups in total. The molecule has 10 heteroatoms. The maximum Gasteiger partial charge on any atom is 0.187 e. The maximum absolute atomic E-state index is 10.2. The first-order chi connectivity index (χ1) is 11.3. The fraction of sp³-hybridized carbons (Fsp3) is 1.00. The van der Waals surface area contributed by atoms with Gasteiger partial charge in [0.25, 0.3) is 0 Å². The third kappa shape index (κ3) is 3.73. The van der Waals surface area contributed by atoms with Crippen LogP contribution < -0.4 is 0 Å². The zero-order valence-electron chi connectivity index (χ0n) is 13.5. The van der Waals surface area contributed by atoms with Gasteiger partial charge in [-0.1, -0.05) is 6.92 Å². The number of hydrogen-bond acceptors (Lipinski definition) is 10. The van der Waals surface area contributed by atoms with Gasteiger partial charge in [-0.05, 0) is 0 Å². The topological polar surface area (TPSA) is 158 Å². The molecule has 0 amide bonds. The van der Waals surface area contributed by atoms with Crippen molar-refractivity contribution in [3.05, 3.63) is 0 Å². The summed E-state index contributed by atoms with van der Waals surface area (Å²) >= 11 is 0. The van der Waals surface area contributed by atoms with Crippen LogP contribution in [0.3, 0.4) is 0 Å². The SMILES string of the molecule is CO[C@@H]1OC(CO)[C@@H](O[C@@H]2OC(CO)[C@@H](C)[C@H](O)C2O)C(O)C1O. The Morgan fingerprint density at radius 2 is 1.33 bits per heavy atom. The van der Waals surface area contributed by atoms with Crippen LogP contribution in [-0.2, 0) is 18.9 Å². The number of aliphatic hydroxyl groups is 6. The summed E-state index contributed by atoms with van der Waals surface area (Å²) < 4.78 is 21.1. The van der Waals surface area contributed by atoms with Crippen molar-refractivity contribution in [2.75, 3.05) is 20.3 Å². The van der Waals surface area contributed by atoms with Crippen molar-refractivity contribution in [2.24, 2.45) is 5.92 Å². The van der Waals surface area contributed by atoms with Crippen molar-refractivity contribution in [2.45, 2.75) is 62.2 Å².